The van der Waals surface area contributed by atoms with Gasteiger partial charge in [0.25, 0.3) is 0 Å². The molecule has 1 aliphatic heterocycles. The first-order valence-corrected chi connectivity index (χ1v) is 9.07. The fourth-order valence-electron chi connectivity index (χ4n) is 3.58. The largest absolute Gasteiger partial charge is 0.359 e. The summed E-state index contributed by atoms with van der Waals surface area (Å²) in [5.74, 6) is 0.698. The highest BCUT2D eigenvalue weighted by Gasteiger charge is 2.41. The van der Waals surface area contributed by atoms with Gasteiger partial charge < -0.3 is 5.32 Å². The maximum Gasteiger partial charge on any atom is 0.232 e. The lowest BCUT2D eigenvalue weighted by Crippen LogP contribution is -2.51. The molecule has 0 saturated heterocycles. The summed E-state index contributed by atoms with van der Waals surface area (Å²) in [6.45, 7) is 0. The van der Waals surface area contributed by atoms with E-state index < -0.39 is 0 Å². The van der Waals surface area contributed by atoms with Gasteiger partial charge in [0.2, 0.25) is 5.91 Å². The lowest BCUT2D eigenvalue weighted by Gasteiger charge is -2.41. The number of thiazole rings is 1. The summed E-state index contributed by atoms with van der Waals surface area (Å²) in [4.78, 5) is 23.0. The minimum atomic E-state index is -0.245. The van der Waals surface area contributed by atoms with Crippen LogP contribution >= 0.6 is 11.3 Å². The molecule has 1 aromatic carbocycles. The van der Waals surface area contributed by atoms with E-state index >= 15 is 0 Å². The molecule has 3 aromatic rings. The maximum atomic E-state index is 13.3. The molecule has 2 aromatic heterocycles. The Morgan fingerprint density at radius 1 is 1.28 bits per heavy atom. The van der Waals surface area contributed by atoms with E-state index in [1.807, 2.05) is 17.0 Å². The highest BCUT2D eigenvalue weighted by atomic mass is 32.1. The number of amides is 1. The van der Waals surface area contributed by atoms with Crippen LogP contribution in [-0.2, 0) is 11.2 Å². The van der Waals surface area contributed by atoms with Crippen molar-refractivity contribution >= 4 is 38.4 Å². The van der Waals surface area contributed by atoms with Crippen molar-refractivity contribution in [2.75, 3.05) is 10.2 Å². The molecule has 0 radical (unpaired) electrons. The van der Waals surface area contributed by atoms with Crippen LogP contribution in [0.2, 0.25) is 0 Å². The van der Waals surface area contributed by atoms with Gasteiger partial charge in [0.05, 0.1) is 16.6 Å². The lowest BCUT2D eigenvalue weighted by molar-refractivity contribution is -0.118. The standard InChI is InChI=1S/C18H15FN4OS/c19-11-3-4-14-15(7-11)25-18(22-14)21-12-8-13(9-12)23-16(24)6-10-2-1-5-20-17(10)23/h1-5,7,12-13H,6,8-9H2,(H,21,22). The number of fused-ring (bicyclic) bond motifs is 2. The van der Waals surface area contributed by atoms with Crippen LogP contribution in [0.1, 0.15) is 18.4 Å². The van der Waals surface area contributed by atoms with E-state index in [0.717, 1.165) is 39.6 Å². The number of pyridine rings is 1. The summed E-state index contributed by atoms with van der Waals surface area (Å²) in [7, 11) is 0. The SMILES string of the molecule is O=C1Cc2cccnc2N1C1CC(Nc2nc3ccc(F)cc3s2)C1. The van der Waals surface area contributed by atoms with Crippen LogP contribution in [0.3, 0.4) is 0 Å². The topological polar surface area (TPSA) is 58.1 Å². The van der Waals surface area contributed by atoms with Gasteiger partial charge >= 0.3 is 0 Å². The minimum absolute atomic E-state index is 0.132. The molecular formula is C18H15FN4OS. The molecule has 25 heavy (non-hydrogen) atoms. The monoisotopic (exact) mass is 354 g/mol. The molecule has 1 fully saturated rings. The van der Waals surface area contributed by atoms with Gasteiger partial charge in [-0.15, -0.1) is 0 Å². The second-order valence-corrected chi connectivity index (χ2v) is 7.55. The van der Waals surface area contributed by atoms with Gasteiger partial charge in [0, 0.05) is 23.8 Å². The number of aromatic nitrogens is 2. The Balaban J connectivity index is 1.28. The number of rotatable bonds is 3. The van der Waals surface area contributed by atoms with Crippen molar-refractivity contribution in [3.63, 3.8) is 0 Å². The van der Waals surface area contributed by atoms with Crippen LogP contribution in [0.25, 0.3) is 10.2 Å². The van der Waals surface area contributed by atoms with Gasteiger partial charge in [-0.2, -0.15) is 0 Å². The molecule has 1 amide bonds. The van der Waals surface area contributed by atoms with E-state index in [9.17, 15) is 9.18 Å². The second-order valence-electron chi connectivity index (χ2n) is 6.52. The van der Waals surface area contributed by atoms with Gasteiger partial charge in [-0.1, -0.05) is 17.4 Å². The summed E-state index contributed by atoms with van der Waals surface area (Å²) < 4.78 is 14.1. The Bertz CT molecular complexity index is 982. The first-order chi connectivity index (χ1) is 12.2. The number of nitrogens with one attached hydrogen (secondary N) is 1. The Labute approximate surface area is 147 Å². The predicted molar refractivity (Wildman–Crippen MR) is 95.4 cm³/mol. The Hall–Kier alpha value is -2.54. The van der Waals surface area contributed by atoms with E-state index in [2.05, 4.69) is 15.3 Å². The molecule has 0 spiro atoms. The van der Waals surface area contributed by atoms with E-state index in [4.69, 9.17) is 0 Å². The molecule has 7 heteroatoms. The van der Waals surface area contributed by atoms with Crippen molar-refractivity contribution in [2.24, 2.45) is 0 Å². The number of hydrogen-bond donors (Lipinski definition) is 1. The zero-order valence-corrected chi connectivity index (χ0v) is 14.1. The summed E-state index contributed by atoms with van der Waals surface area (Å²) in [5.41, 5.74) is 1.81. The molecule has 0 bridgehead atoms. The normalized spacial score (nSPS) is 22.1. The summed E-state index contributed by atoms with van der Waals surface area (Å²) >= 11 is 1.46. The van der Waals surface area contributed by atoms with Gasteiger partial charge in [-0.05, 0) is 37.1 Å². The summed E-state index contributed by atoms with van der Waals surface area (Å²) in [5, 5.41) is 4.21. The Morgan fingerprint density at radius 3 is 3.04 bits per heavy atom. The van der Waals surface area contributed by atoms with E-state index in [1.165, 1.54) is 23.5 Å². The van der Waals surface area contributed by atoms with Crippen molar-refractivity contribution < 1.29 is 9.18 Å². The number of carbonyl (C=O) groups excluding carboxylic acids is 1. The molecule has 5 rings (SSSR count). The van der Waals surface area contributed by atoms with Crippen molar-refractivity contribution in [2.45, 2.75) is 31.3 Å². The number of halogens is 1. The molecule has 1 N–H and O–H groups in total. The Kier molecular flexibility index (Phi) is 3.24. The van der Waals surface area contributed by atoms with E-state index in [1.54, 1.807) is 12.3 Å². The molecule has 3 heterocycles. The van der Waals surface area contributed by atoms with Crippen LogP contribution in [0.5, 0.6) is 0 Å². The fraction of sp³-hybridized carbons (Fsp3) is 0.278. The average Bonchev–Trinajstić information content (AvgIpc) is 3.10. The maximum absolute atomic E-state index is 13.3. The number of carbonyl (C=O) groups is 1. The van der Waals surface area contributed by atoms with Gasteiger partial charge in [-0.3, -0.25) is 9.69 Å². The third kappa shape index (κ3) is 2.46. The van der Waals surface area contributed by atoms with Gasteiger partial charge in [-0.25, -0.2) is 14.4 Å². The highest BCUT2D eigenvalue weighted by Crippen LogP contribution is 2.37. The molecular weight excluding hydrogens is 339 g/mol. The Morgan fingerprint density at radius 2 is 2.16 bits per heavy atom. The van der Waals surface area contributed by atoms with Gasteiger partial charge in [0.15, 0.2) is 5.13 Å². The molecule has 126 valence electrons. The van der Waals surface area contributed by atoms with Crippen LogP contribution in [0.15, 0.2) is 36.5 Å². The molecule has 0 atom stereocenters. The molecule has 2 aliphatic rings. The third-order valence-corrected chi connectivity index (χ3v) is 5.81. The molecule has 0 unspecified atom stereocenters. The van der Waals surface area contributed by atoms with Crippen LogP contribution in [0, 0.1) is 5.82 Å². The van der Waals surface area contributed by atoms with Crippen molar-refractivity contribution in [3.8, 4) is 0 Å². The zero-order chi connectivity index (χ0) is 17.0. The number of anilines is 2. The lowest BCUT2D eigenvalue weighted by atomic mass is 9.85. The van der Waals surface area contributed by atoms with Crippen molar-refractivity contribution in [1.29, 1.82) is 0 Å². The smallest absolute Gasteiger partial charge is 0.232 e. The van der Waals surface area contributed by atoms with Crippen LogP contribution < -0.4 is 10.2 Å². The minimum Gasteiger partial charge on any atom is -0.359 e. The zero-order valence-electron chi connectivity index (χ0n) is 13.3. The first kappa shape index (κ1) is 14.8. The second kappa shape index (κ2) is 5.49. The van der Waals surface area contributed by atoms with Crippen molar-refractivity contribution in [3.05, 3.63) is 47.9 Å². The van der Waals surface area contributed by atoms with Crippen LogP contribution in [-0.4, -0.2) is 28.0 Å². The van der Waals surface area contributed by atoms with Crippen LogP contribution in [0.4, 0.5) is 15.3 Å². The summed E-state index contributed by atoms with van der Waals surface area (Å²) in [6.07, 6.45) is 3.92. The van der Waals surface area contributed by atoms with E-state index in [-0.39, 0.29) is 23.8 Å². The summed E-state index contributed by atoms with van der Waals surface area (Å²) in [6, 6.07) is 8.93. The quantitative estimate of drug-likeness (QED) is 0.784. The number of nitrogens with zero attached hydrogens (tertiary/aromatic N) is 3. The van der Waals surface area contributed by atoms with Crippen molar-refractivity contribution in [1.82, 2.24) is 9.97 Å². The molecule has 1 saturated carbocycles. The fourth-order valence-corrected chi connectivity index (χ4v) is 4.55. The molecule has 5 nitrogen and oxygen atoms in total. The highest BCUT2D eigenvalue weighted by molar-refractivity contribution is 7.22. The number of hydrogen-bond acceptors (Lipinski definition) is 5. The van der Waals surface area contributed by atoms with E-state index in [0.29, 0.717) is 6.42 Å². The first-order valence-electron chi connectivity index (χ1n) is 8.26. The predicted octanol–water partition coefficient (Wildman–Crippen LogP) is 3.36. The molecule has 1 aliphatic carbocycles. The third-order valence-electron chi connectivity index (χ3n) is 4.86. The number of benzene rings is 1. The average molecular weight is 354 g/mol. The van der Waals surface area contributed by atoms with Gasteiger partial charge in [0.1, 0.15) is 11.6 Å².